The van der Waals surface area contributed by atoms with E-state index in [9.17, 15) is 9.59 Å². The smallest absolute Gasteiger partial charge is 0.213 e. The summed E-state index contributed by atoms with van der Waals surface area (Å²) in [5, 5.41) is 7.48. The van der Waals surface area contributed by atoms with Crippen molar-refractivity contribution in [3.05, 3.63) is 97.1 Å². The van der Waals surface area contributed by atoms with Gasteiger partial charge in [-0.1, -0.05) is 97.1 Å². The lowest BCUT2D eigenvalue weighted by molar-refractivity contribution is 0.567. The van der Waals surface area contributed by atoms with Gasteiger partial charge in [-0.2, -0.15) is 0 Å². The Labute approximate surface area is 199 Å². The van der Waals surface area contributed by atoms with Crippen LogP contribution in [0.3, 0.4) is 0 Å². The number of rotatable bonds is 4. The van der Waals surface area contributed by atoms with Crippen molar-refractivity contribution >= 4 is 55.8 Å². The predicted molar refractivity (Wildman–Crippen MR) is 148 cm³/mol. The first-order valence-electron chi connectivity index (χ1n) is 11.5. The summed E-state index contributed by atoms with van der Waals surface area (Å²) in [7, 11) is -7.62. The van der Waals surface area contributed by atoms with Crippen molar-refractivity contribution in [3.8, 4) is 11.1 Å². The number of hydrogen-bond acceptors (Lipinski definition) is 2. The summed E-state index contributed by atoms with van der Waals surface area (Å²) >= 11 is 0. The molecule has 0 aromatic heterocycles. The van der Waals surface area contributed by atoms with Crippen LogP contribution in [0, 0.1) is 0 Å². The number of fused-ring (bicyclic) bond motifs is 3. The molecule has 1 aliphatic heterocycles. The molecule has 5 rings (SSSR count). The van der Waals surface area contributed by atoms with E-state index < -0.39 is 24.7 Å². The molecule has 0 spiro atoms. The summed E-state index contributed by atoms with van der Waals surface area (Å²) in [6.07, 6.45) is 0. The summed E-state index contributed by atoms with van der Waals surface area (Å²) in [4.78, 5) is 22.1. The highest BCUT2D eigenvalue weighted by molar-refractivity contribution is 7.22. The van der Waals surface area contributed by atoms with Gasteiger partial charge in [-0.25, -0.2) is 0 Å². The molecular weight excluding hydrogens is 453 g/mol. The van der Waals surface area contributed by atoms with Gasteiger partial charge < -0.3 is 9.59 Å². The SMILES string of the molecule is C[Si](C)(O)c1ccc2c(c1)[Si](c1ccccc1)(c1ccccc1)c1cc([Si](C)(C)O)ccc1-2. The second kappa shape index (κ2) is 7.75. The summed E-state index contributed by atoms with van der Waals surface area (Å²) in [6, 6.07) is 35.0. The van der Waals surface area contributed by atoms with Gasteiger partial charge in [-0.15, -0.1) is 0 Å². The van der Waals surface area contributed by atoms with Crippen LogP contribution in [0.25, 0.3) is 11.1 Å². The van der Waals surface area contributed by atoms with Crippen LogP contribution >= 0.6 is 0 Å². The third kappa shape index (κ3) is 3.52. The maximum absolute atomic E-state index is 11.0. The average Bonchev–Trinajstić information content (AvgIpc) is 3.09. The first-order valence-corrected chi connectivity index (χ1v) is 19.4. The molecule has 0 atom stereocenters. The Morgan fingerprint density at radius 1 is 0.515 bits per heavy atom. The normalized spacial score (nSPS) is 14.6. The van der Waals surface area contributed by atoms with E-state index in [4.69, 9.17) is 0 Å². The van der Waals surface area contributed by atoms with E-state index in [1.807, 2.05) is 26.2 Å². The maximum atomic E-state index is 11.0. The Balaban J connectivity index is 1.96. The van der Waals surface area contributed by atoms with Crippen molar-refractivity contribution in [1.82, 2.24) is 0 Å². The first-order chi connectivity index (χ1) is 15.6. The Kier molecular flexibility index (Phi) is 5.23. The van der Waals surface area contributed by atoms with Crippen molar-refractivity contribution < 1.29 is 9.59 Å². The Bertz CT molecular complexity index is 1220. The van der Waals surface area contributed by atoms with Crippen molar-refractivity contribution in [3.63, 3.8) is 0 Å². The maximum Gasteiger partial charge on any atom is 0.213 e. The Morgan fingerprint density at radius 2 is 0.879 bits per heavy atom. The number of hydrogen-bond donors (Lipinski definition) is 2. The zero-order chi connectivity index (χ0) is 23.4. The van der Waals surface area contributed by atoms with Gasteiger partial charge in [0.2, 0.25) is 16.6 Å². The quantitative estimate of drug-likeness (QED) is 0.384. The molecule has 0 unspecified atom stereocenters. The molecule has 0 fully saturated rings. The molecule has 4 aromatic rings. The molecule has 0 saturated heterocycles. The minimum absolute atomic E-state index is 1.06. The van der Waals surface area contributed by atoms with E-state index in [1.165, 1.54) is 31.9 Å². The van der Waals surface area contributed by atoms with Crippen LogP contribution in [0.15, 0.2) is 97.1 Å². The lowest BCUT2D eigenvalue weighted by atomic mass is 10.1. The van der Waals surface area contributed by atoms with Gasteiger partial charge in [-0.05, 0) is 68.4 Å². The predicted octanol–water partition coefficient (Wildman–Crippen LogP) is 1.85. The third-order valence-electron chi connectivity index (χ3n) is 6.96. The molecule has 5 heteroatoms. The van der Waals surface area contributed by atoms with Gasteiger partial charge in [-0.3, -0.25) is 0 Å². The van der Waals surface area contributed by atoms with Crippen LogP contribution in [0.1, 0.15) is 0 Å². The molecular formula is C28H30O2Si3. The van der Waals surface area contributed by atoms with Crippen LogP contribution in [0.5, 0.6) is 0 Å². The lowest BCUT2D eigenvalue weighted by Crippen LogP contribution is -2.73. The largest absolute Gasteiger partial charge is 0.428 e. The fraction of sp³-hybridized carbons (Fsp3) is 0.143. The molecule has 2 nitrogen and oxygen atoms in total. The van der Waals surface area contributed by atoms with Crippen molar-refractivity contribution in [2.45, 2.75) is 26.2 Å². The van der Waals surface area contributed by atoms with Gasteiger partial charge in [0.25, 0.3) is 0 Å². The van der Waals surface area contributed by atoms with Gasteiger partial charge in [0, 0.05) is 0 Å². The van der Waals surface area contributed by atoms with Crippen LogP contribution in [-0.2, 0) is 0 Å². The molecule has 0 radical (unpaired) electrons. The van der Waals surface area contributed by atoms with Crippen molar-refractivity contribution in [1.29, 1.82) is 0 Å². The van der Waals surface area contributed by atoms with Crippen LogP contribution < -0.4 is 31.1 Å². The summed E-state index contributed by atoms with van der Waals surface area (Å²) in [6.45, 7) is 7.96. The van der Waals surface area contributed by atoms with Crippen molar-refractivity contribution in [2.24, 2.45) is 0 Å². The van der Waals surface area contributed by atoms with E-state index >= 15 is 0 Å². The highest BCUT2D eigenvalue weighted by atomic mass is 28.4. The minimum Gasteiger partial charge on any atom is -0.428 e. The Morgan fingerprint density at radius 3 is 1.21 bits per heavy atom. The molecule has 0 amide bonds. The van der Waals surface area contributed by atoms with E-state index in [1.54, 1.807) is 0 Å². The van der Waals surface area contributed by atoms with Gasteiger partial charge in [0.05, 0.1) is 0 Å². The van der Waals surface area contributed by atoms with E-state index in [-0.39, 0.29) is 0 Å². The minimum atomic E-state index is -2.62. The average molecular weight is 483 g/mol. The fourth-order valence-electron chi connectivity index (χ4n) is 5.25. The van der Waals surface area contributed by atoms with Gasteiger partial charge >= 0.3 is 0 Å². The second-order valence-corrected chi connectivity index (χ2v) is 21.2. The zero-order valence-corrected chi connectivity index (χ0v) is 22.6. The van der Waals surface area contributed by atoms with Gasteiger partial charge in [0.15, 0.2) is 8.07 Å². The summed E-state index contributed by atoms with van der Waals surface area (Å²) in [5.41, 5.74) is 2.52. The molecule has 2 N–H and O–H groups in total. The van der Waals surface area contributed by atoms with Crippen LogP contribution in [-0.4, -0.2) is 34.3 Å². The lowest BCUT2D eigenvalue weighted by Gasteiger charge is -2.32. The van der Waals surface area contributed by atoms with Crippen molar-refractivity contribution in [2.75, 3.05) is 0 Å². The molecule has 0 bridgehead atoms. The molecule has 0 aliphatic carbocycles. The zero-order valence-electron chi connectivity index (χ0n) is 19.6. The summed E-state index contributed by atoms with van der Waals surface area (Å²) in [5.74, 6) is 0. The molecule has 1 heterocycles. The molecule has 4 aromatic carbocycles. The first kappa shape index (κ1) is 22.3. The second-order valence-electron chi connectivity index (χ2n) is 10.1. The summed E-state index contributed by atoms with van der Waals surface area (Å²) < 4.78 is 0. The highest BCUT2D eigenvalue weighted by Gasteiger charge is 2.49. The standard InChI is InChI=1S/C28H30O2Si3/c1-31(2,29)23-15-17-25-26-18-16-24(32(3,4)30)20-28(26)33(27(25)19-23,21-11-7-5-8-12-21)22-13-9-6-10-14-22/h5-20,29-30H,1-4H3. The molecule has 166 valence electrons. The molecule has 1 aliphatic rings. The number of benzene rings is 4. The monoisotopic (exact) mass is 482 g/mol. The topological polar surface area (TPSA) is 40.5 Å². The van der Waals surface area contributed by atoms with Crippen LogP contribution in [0.2, 0.25) is 26.2 Å². The molecule has 33 heavy (non-hydrogen) atoms. The van der Waals surface area contributed by atoms with Gasteiger partial charge in [0.1, 0.15) is 0 Å². The van der Waals surface area contributed by atoms with E-state index in [2.05, 4.69) is 97.1 Å². The molecule has 0 saturated carbocycles. The third-order valence-corrected chi connectivity index (χ3v) is 15.3. The highest BCUT2D eigenvalue weighted by Crippen LogP contribution is 2.28. The van der Waals surface area contributed by atoms with E-state index in [0.717, 1.165) is 10.4 Å². The fourth-order valence-corrected chi connectivity index (χ4v) is 12.8. The Hall–Kier alpha value is -2.55. The van der Waals surface area contributed by atoms with E-state index in [0.29, 0.717) is 0 Å². The van der Waals surface area contributed by atoms with Crippen LogP contribution in [0.4, 0.5) is 0 Å².